The largest absolute Gasteiger partial charge is 0.367 e. The van der Waals surface area contributed by atoms with Gasteiger partial charge in [-0.2, -0.15) is 0 Å². The first-order chi connectivity index (χ1) is 10.6. The van der Waals surface area contributed by atoms with Crippen LogP contribution < -0.4 is 5.32 Å². The van der Waals surface area contributed by atoms with E-state index < -0.39 is 5.82 Å². The van der Waals surface area contributed by atoms with Crippen LogP contribution in [0.5, 0.6) is 0 Å². The van der Waals surface area contributed by atoms with Crippen LogP contribution in [0, 0.1) is 5.82 Å². The molecule has 6 heteroatoms. The van der Waals surface area contributed by atoms with Gasteiger partial charge in [0.1, 0.15) is 11.6 Å². The molecule has 0 radical (unpaired) electrons. The highest BCUT2D eigenvalue weighted by Crippen LogP contribution is 2.29. The Morgan fingerprint density at radius 3 is 2.68 bits per heavy atom. The molecule has 1 heterocycles. The second-order valence-corrected chi connectivity index (χ2v) is 5.65. The summed E-state index contributed by atoms with van der Waals surface area (Å²) in [5.41, 5.74) is 0.899. The summed E-state index contributed by atoms with van der Waals surface area (Å²) in [6.07, 6.45) is 3.40. The SMILES string of the molecule is CCC(C)Nc1nc(SC)nc(-c2ccccc2F)c1C=O. The molecule has 0 aliphatic heterocycles. The van der Waals surface area contributed by atoms with E-state index in [1.807, 2.05) is 20.1 Å². The minimum Gasteiger partial charge on any atom is -0.367 e. The van der Waals surface area contributed by atoms with Crippen LogP contribution in [0.4, 0.5) is 10.2 Å². The smallest absolute Gasteiger partial charge is 0.189 e. The molecule has 0 aliphatic rings. The van der Waals surface area contributed by atoms with E-state index >= 15 is 0 Å². The van der Waals surface area contributed by atoms with E-state index in [1.165, 1.54) is 17.8 Å². The van der Waals surface area contributed by atoms with Crippen LogP contribution in [0.15, 0.2) is 29.4 Å². The third-order valence-corrected chi connectivity index (χ3v) is 3.90. The summed E-state index contributed by atoms with van der Waals surface area (Å²) in [6, 6.07) is 6.44. The minimum atomic E-state index is -0.411. The van der Waals surface area contributed by atoms with Crippen LogP contribution in [0.1, 0.15) is 30.6 Å². The molecule has 1 unspecified atom stereocenters. The Morgan fingerprint density at radius 2 is 2.09 bits per heavy atom. The standard InChI is InChI=1S/C16H18FN3OS/c1-4-10(2)18-15-12(9-21)14(19-16(20-15)22-3)11-7-5-6-8-13(11)17/h5-10H,4H2,1-3H3,(H,18,19,20). The van der Waals surface area contributed by atoms with E-state index in [0.29, 0.717) is 28.5 Å². The van der Waals surface area contributed by atoms with Gasteiger partial charge in [-0.05, 0) is 31.7 Å². The zero-order valence-corrected chi connectivity index (χ0v) is 13.6. The number of thioether (sulfide) groups is 1. The van der Waals surface area contributed by atoms with Crippen molar-refractivity contribution in [2.45, 2.75) is 31.5 Å². The van der Waals surface area contributed by atoms with Gasteiger partial charge in [-0.1, -0.05) is 30.8 Å². The molecule has 2 rings (SSSR count). The quantitative estimate of drug-likeness (QED) is 0.495. The Morgan fingerprint density at radius 1 is 1.36 bits per heavy atom. The average Bonchev–Trinajstić information content (AvgIpc) is 2.54. The number of benzene rings is 1. The van der Waals surface area contributed by atoms with Crippen LogP contribution in [0.25, 0.3) is 11.3 Å². The number of nitrogens with zero attached hydrogens (tertiary/aromatic N) is 2. The second kappa shape index (κ2) is 7.35. The van der Waals surface area contributed by atoms with E-state index in [0.717, 1.165) is 6.42 Å². The van der Waals surface area contributed by atoms with Crippen molar-refractivity contribution in [1.82, 2.24) is 9.97 Å². The van der Waals surface area contributed by atoms with E-state index in [-0.39, 0.29) is 11.6 Å². The van der Waals surface area contributed by atoms with Gasteiger partial charge in [0.25, 0.3) is 0 Å². The molecule has 4 nitrogen and oxygen atoms in total. The number of hydrogen-bond donors (Lipinski definition) is 1. The summed E-state index contributed by atoms with van der Waals surface area (Å²) in [7, 11) is 0. The molecule has 1 aromatic heterocycles. The van der Waals surface area contributed by atoms with Gasteiger partial charge in [0.2, 0.25) is 0 Å². The van der Waals surface area contributed by atoms with Gasteiger partial charge in [-0.3, -0.25) is 4.79 Å². The van der Waals surface area contributed by atoms with Crippen molar-refractivity contribution in [1.29, 1.82) is 0 Å². The van der Waals surface area contributed by atoms with Crippen molar-refractivity contribution < 1.29 is 9.18 Å². The topological polar surface area (TPSA) is 54.9 Å². The maximum Gasteiger partial charge on any atom is 0.189 e. The van der Waals surface area contributed by atoms with Crippen molar-refractivity contribution in [2.75, 3.05) is 11.6 Å². The van der Waals surface area contributed by atoms with Gasteiger partial charge < -0.3 is 5.32 Å². The monoisotopic (exact) mass is 319 g/mol. The maximum atomic E-state index is 14.1. The van der Waals surface area contributed by atoms with Crippen LogP contribution in [-0.4, -0.2) is 28.6 Å². The number of rotatable bonds is 6. The average molecular weight is 319 g/mol. The van der Waals surface area contributed by atoms with Crippen molar-refractivity contribution in [3.8, 4) is 11.3 Å². The molecule has 1 N–H and O–H groups in total. The van der Waals surface area contributed by atoms with Gasteiger partial charge in [0.15, 0.2) is 11.4 Å². The van der Waals surface area contributed by atoms with Gasteiger partial charge in [0.05, 0.1) is 11.3 Å². The number of carbonyl (C=O) groups excluding carboxylic acids is 1. The molecule has 22 heavy (non-hydrogen) atoms. The first-order valence-corrected chi connectivity index (χ1v) is 8.25. The van der Waals surface area contributed by atoms with Gasteiger partial charge in [-0.25, -0.2) is 14.4 Å². The van der Waals surface area contributed by atoms with Gasteiger partial charge >= 0.3 is 0 Å². The Kier molecular flexibility index (Phi) is 5.49. The molecular weight excluding hydrogens is 301 g/mol. The number of anilines is 1. The molecule has 0 aliphatic carbocycles. The van der Waals surface area contributed by atoms with Crippen LogP contribution in [0.3, 0.4) is 0 Å². The first-order valence-electron chi connectivity index (χ1n) is 7.03. The lowest BCUT2D eigenvalue weighted by Crippen LogP contribution is -2.17. The minimum absolute atomic E-state index is 0.150. The molecule has 2 aromatic rings. The summed E-state index contributed by atoms with van der Waals surface area (Å²) >= 11 is 1.35. The van der Waals surface area contributed by atoms with Crippen LogP contribution in [-0.2, 0) is 0 Å². The number of carbonyl (C=O) groups is 1. The Hall–Kier alpha value is -1.95. The van der Waals surface area contributed by atoms with Crippen molar-refractivity contribution >= 4 is 23.9 Å². The van der Waals surface area contributed by atoms with Crippen LogP contribution in [0.2, 0.25) is 0 Å². The summed E-state index contributed by atoms with van der Waals surface area (Å²) in [4.78, 5) is 20.2. The van der Waals surface area contributed by atoms with Gasteiger partial charge in [-0.15, -0.1) is 0 Å². The molecular formula is C16H18FN3OS. The summed E-state index contributed by atoms with van der Waals surface area (Å²) < 4.78 is 14.1. The number of nitrogens with one attached hydrogen (secondary N) is 1. The predicted molar refractivity (Wildman–Crippen MR) is 88.0 cm³/mol. The normalized spacial score (nSPS) is 12.0. The van der Waals surface area contributed by atoms with Crippen molar-refractivity contribution in [3.05, 3.63) is 35.6 Å². The predicted octanol–water partition coefficient (Wildman–Crippen LogP) is 4.03. The molecule has 0 amide bonds. The van der Waals surface area contributed by atoms with E-state index in [2.05, 4.69) is 15.3 Å². The van der Waals surface area contributed by atoms with Crippen LogP contribution >= 0.6 is 11.8 Å². The third-order valence-electron chi connectivity index (χ3n) is 3.35. The van der Waals surface area contributed by atoms with Gasteiger partial charge in [0, 0.05) is 11.6 Å². The lowest BCUT2D eigenvalue weighted by atomic mass is 10.1. The Bertz CT molecular complexity index is 678. The molecule has 0 fully saturated rings. The number of aromatic nitrogens is 2. The summed E-state index contributed by atoms with van der Waals surface area (Å²) in [6.45, 7) is 4.03. The lowest BCUT2D eigenvalue weighted by molar-refractivity contribution is 0.112. The molecule has 0 spiro atoms. The fraction of sp³-hybridized carbons (Fsp3) is 0.312. The number of halogens is 1. The third kappa shape index (κ3) is 3.44. The zero-order chi connectivity index (χ0) is 16.1. The fourth-order valence-electron chi connectivity index (χ4n) is 1.96. The molecule has 0 bridgehead atoms. The first kappa shape index (κ1) is 16.4. The second-order valence-electron chi connectivity index (χ2n) is 4.87. The van der Waals surface area contributed by atoms with Crippen molar-refractivity contribution in [2.24, 2.45) is 0 Å². The number of aldehydes is 1. The fourth-order valence-corrected chi connectivity index (χ4v) is 2.32. The van der Waals surface area contributed by atoms with E-state index in [1.54, 1.807) is 18.2 Å². The van der Waals surface area contributed by atoms with Crippen molar-refractivity contribution in [3.63, 3.8) is 0 Å². The highest BCUT2D eigenvalue weighted by Gasteiger charge is 2.18. The van der Waals surface area contributed by atoms with E-state index in [9.17, 15) is 9.18 Å². The molecule has 1 aromatic carbocycles. The lowest BCUT2D eigenvalue weighted by Gasteiger charge is -2.16. The molecule has 0 saturated carbocycles. The summed E-state index contributed by atoms with van der Waals surface area (Å²) in [5.74, 6) is 0.0350. The highest BCUT2D eigenvalue weighted by atomic mass is 32.2. The molecule has 1 atom stereocenters. The number of hydrogen-bond acceptors (Lipinski definition) is 5. The Labute approximate surface area is 133 Å². The zero-order valence-electron chi connectivity index (χ0n) is 12.8. The molecule has 116 valence electrons. The Balaban J connectivity index is 2.64. The van der Waals surface area contributed by atoms with E-state index in [4.69, 9.17) is 0 Å². The highest BCUT2D eigenvalue weighted by molar-refractivity contribution is 7.98. The molecule has 0 saturated heterocycles. The maximum absolute atomic E-state index is 14.1. The summed E-state index contributed by atoms with van der Waals surface area (Å²) in [5, 5.41) is 3.69.